The van der Waals surface area contributed by atoms with Gasteiger partial charge in [-0.3, -0.25) is 4.79 Å². The number of nitrogens with zero attached hydrogens (tertiary/aromatic N) is 5. The van der Waals surface area contributed by atoms with Gasteiger partial charge in [0.1, 0.15) is 23.5 Å². The van der Waals surface area contributed by atoms with Crippen molar-refractivity contribution in [2.75, 3.05) is 6.61 Å². The lowest BCUT2D eigenvalue weighted by molar-refractivity contribution is -0.141. The fraction of sp³-hybridized carbons (Fsp3) is 0.321. The Morgan fingerprint density at radius 1 is 1.26 bits per heavy atom. The highest BCUT2D eigenvalue weighted by Gasteiger charge is 2.41. The maximum Gasteiger partial charge on any atom is 0.306 e. The number of ether oxygens (including phenoxy) is 2. The van der Waals surface area contributed by atoms with E-state index in [9.17, 15) is 10.1 Å². The van der Waals surface area contributed by atoms with Crippen LogP contribution in [0.1, 0.15) is 44.2 Å². The van der Waals surface area contributed by atoms with Crippen molar-refractivity contribution in [2.45, 2.75) is 45.3 Å². The Bertz CT molecular complexity index is 1560. The Labute approximate surface area is 224 Å². The molecule has 2 aromatic heterocycles. The lowest BCUT2D eigenvalue weighted by Crippen LogP contribution is -2.13. The second-order valence-electron chi connectivity index (χ2n) is 9.75. The third-order valence-corrected chi connectivity index (χ3v) is 6.93. The molecule has 0 radical (unpaired) electrons. The Morgan fingerprint density at radius 3 is 2.79 bits per heavy atom. The maximum absolute atomic E-state index is 11.1. The first kappa shape index (κ1) is 25.5. The van der Waals surface area contributed by atoms with Gasteiger partial charge in [0.25, 0.3) is 0 Å². The highest BCUT2D eigenvalue weighted by molar-refractivity contribution is 6.33. The van der Waals surface area contributed by atoms with E-state index in [0.717, 1.165) is 18.4 Å². The number of hydrogen-bond donors (Lipinski definition) is 1. The number of carboxylic acid groups (broad SMARTS) is 1. The molecule has 5 rings (SSSR count). The van der Waals surface area contributed by atoms with Crippen LogP contribution in [-0.2, 0) is 11.3 Å². The molecule has 0 aliphatic heterocycles. The summed E-state index contributed by atoms with van der Waals surface area (Å²) >= 11 is 6.72. The topological polar surface area (TPSA) is 123 Å². The van der Waals surface area contributed by atoms with Crippen LogP contribution in [0.4, 0.5) is 0 Å². The molecule has 1 aliphatic rings. The molecule has 1 aliphatic carbocycles. The molecule has 2 heterocycles. The minimum absolute atomic E-state index is 0.249. The normalized spacial score (nSPS) is 14.6. The molecular weight excluding hydrogens is 506 g/mol. The molecule has 194 valence electrons. The minimum atomic E-state index is -0.858. The van der Waals surface area contributed by atoms with Crippen LogP contribution in [0.25, 0.3) is 22.6 Å². The lowest BCUT2D eigenvalue weighted by atomic mass is 10.1. The van der Waals surface area contributed by atoms with Crippen LogP contribution < -0.4 is 9.47 Å². The van der Waals surface area contributed by atoms with E-state index in [1.807, 2.05) is 35.8 Å². The van der Waals surface area contributed by atoms with E-state index < -0.39 is 11.9 Å². The number of carboxylic acids is 1. The number of imidazole rings is 1. The number of rotatable bonds is 10. The van der Waals surface area contributed by atoms with Gasteiger partial charge in [0, 0.05) is 5.56 Å². The van der Waals surface area contributed by atoms with E-state index >= 15 is 0 Å². The average Bonchev–Trinajstić information content (AvgIpc) is 3.52. The SMILES string of the molecule is C[C@@H](CCOc1ccc(-c2nc3c(OC4(C)CC4)ncnc3n2Cc2cccc(C#N)c2)c(Cl)c1)C(=O)O. The summed E-state index contributed by atoms with van der Waals surface area (Å²) in [7, 11) is 0. The predicted molar refractivity (Wildman–Crippen MR) is 141 cm³/mol. The summed E-state index contributed by atoms with van der Waals surface area (Å²) in [5.41, 5.74) is 3.01. The maximum atomic E-state index is 11.1. The van der Waals surface area contributed by atoms with Gasteiger partial charge in [-0.05, 0) is 62.1 Å². The van der Waals surface area contributed by atoms with E-state index in [0.29, 0.717) is 57.7 Å². The fourth-order valence-electron chi connectivity index (χ4n) is 4.02. The Balaban J connectivity index is 1.53. The van der Waals surface area contributed by atoms with Crippen LogP contribution in [0.5, 0.6) is 11.6 Å². The Kier molecular flexibility index (Phi) is 6.91. The summed E-state index contributed by atoms with van der Waals surface area (Å²) in [6.45, 7) is 4.34. The largest absolute Gasteiger partial charge is 0.494 e. The van der Waals surface area contributed by atoms with Gasteiger partial charge in [-0.15, -0.1) is 0 Å². The second kappa shape index (κ2) is 10.3. The van der Waals surface area contributed by atoms with Crippen molar-refractivity contribution < 1.29 is 19.4 Å². The summed E-state index contributed by atoms with van der Waals surface area (Å²) in [6, 6.07) is 14.8. The van der Waals surface area contributed by atoms with Gasteiger partial charge in [0.05, 0.1) is 35.7 Å². The number of hydrogen-bond acceptors (Lipinski definition) is 7. The number of nitriles is 1. The van der Waals surface area contributed by atoms with Crippen molar-refractivity contribution in [3.05, 3.63) is 64.9 Å². The van der Waals surface area contributed by atoms with Gasteiger partial charge >= 0.3 is 5.97 Å². The third-order valence-electron chi connectivity index (χ3n) is 6.62. The standard InChI is InChI=1S/C28H26ClN5O4/c1-17(27(35)36)8-11-37-20-6-7-21(22(29)13-20)24-33-23-25(31-16-32-26(23)38-28(2)9-10-28)34(24)15-19-5-3-4-18(12-19)14-30/h3-7,12-13,16-17H,8-11,15H2,1-2H3,(H,35,36)/t17-/m0/s1. The Morgan fingerprint density at radius 2 is 2.08 bits per heavy atom. The van der Waals surface area contributed by atoms with Gasteiger partial charge in [-0.25, -0.2) is 9.97 Å². The highest BCUT2D eigenvalue weighted by Crippen LogP contribution is 2.41. The Hall–Kier alpha value is -4.16. The van der Waals surface area contributed by atoms with E-state index in [1.54, 1.807) is 25.1 Å². The van der Waals surface area contributed by atoms with Gasteiger partial charge in [0.15, 0.2) is 11.2 Å². The number of benzene rings is 2. The molecule has 0 amide bonds. The molecule has 1 atom stereocenters. The molecule has 0 bridgehead atoms. The molecule has 0 saturated heterocycles. The van der Waals surface area contributed by atoms with Crippen LogP contribution in [0.3, 0.4) is 0 Å². The van der Waals surface area contributed by atoms with Gasteiger partial charge in [-0.1, -0.05) is 30.7 Å². The van der Waals surface area contributed by atoms with Crippen molar-refractivity contribution in [1.82, 2.24) is 19.5 Å². The van der Waals surface area contributed by atoms with Crippen LogP contribution in [0.15, 0.2) is 48.8 Å². The average molecular weight is 532 g/mol. The van der Waals surface area contributed by atoms with Gasteiger partial charge in [-0.2, -0.15) is 10.2 Å². The monoisotopic (exact) mass is 531 g/mol. The van der Waals surface area contributed by atoms with Crippen LogP contribution >= 0.6 is 11.6 Å². The molecule has 38 heavy (non-hydrogen) atoms. The summed E-state index contributed by atoms with van der Waals surface area (Å²) in [5.74, 6) is 0.170. The van der Waals surface area contributed by atoms with E-state index in [4.69, 9.17) is 31.2 Å². The summed E-state index contributed by atoms with van der Waals surface area (Å²) in [4.78, 5) is 24.8. The van der Waals surface area contributed by atoms with Crippen molar-refractivity contribution in [3.8, 4) is 29.1 Å². The molecule has 10 heteroatoms. The molecular formula is C28H26ClN5O4. The van der Waals surface area contributed by atoms with Gasteiger partial charge < -0.3 is 19.1 Å². The summed E-state index contributed by atoms with van der Waals surface area (Å²) in [5, 5.41) is 18.8. The molecule has 1 fully saturated rings. The summed E-state index contributed by atoms with van der Waals surface area (Å²) in [6.07, 6.45) is 3.75. The second-order valence-corrected chi connectivity index (χ2v) is 10.2. The van der Waals surface area contributed by atoms with Crippen molar-refractivity contribution in [2.24, 2.45) is 5.92 Å². The highest BCUT2D eigenvalue weighted by atomic mass is 35.5. The number of carbonyl (C=O) groups is 1. The molecule has 2 aromatic carbocycles. The predicted octanol–water partition coefficient (Wildman–Crippen LogP) is 5.49. The number of fused-ring (bicyclic) bond motifs is 1. The molecule has 0 spiro atoms. The number of aliphatic carboxylic acids is 1. The smallest absolute Gasteiger partial charge is 0.306 e. The molecule has 9 nitrogen and oxygen atoms in total. The van der Waals surface area contributed by atoms with Crippen molar-refractivity contribution in [1.29, 1.82) is 5.26 Å². The zero-order valence-electron chi connectivity index (χ0n) is 21.0. The minimum Gasteiger partial charge on any atom is -0.494 e. The summed E-state index contributed by atoms with van der Waals surface area (Å²) < 4.78 is 13.9. The zero-order valence-corrected chi connectivity index (χ0v) is 21.8. The number of halogens is 1. The molecule has 1 saturated carbocycles. The van der Waals surface area contributed by atoms with Crippen LogP contribution in [-0.4, -0.2) is 42.8 Å². The van der Waals surface area contributed by atoms with E-state index in [-0.39, 0.29) is 12.2 Å². The van der Waals surface area contributed by atoms with Crippen LogP contribution in [0.2, 0.25) is 5.02 Å². The fourth-order valence-corrected chi connectivity index (χ4v) is 4.28. The number of aromatic nitrogens is 4. The van der Waals surface area contributed by atoms with Crippen molar-refractivity contribution >= 4 is 28.7 Å². The van der Waals surface area contributed by atoms with Crippen molar-refractivity contribution in [3.63, 3.8) is 0 Å². The van der Waals surface area contributed by atoms with Gasteiger partial charge in [0.2, 0.25) is 5.88 Å². The first-order valence-electron chi connectivity index (χ1n) is 12.3. The van der Waals surface area contributed by atoms with E-state index in [1.165, 1.54) is 6.33 Å². The van der Waals surface area contributed by atoms with Crippen LogP contribution in [0, 0.1) is 17.2 Å². The molecule has 4 aromatic rings. The molecule has 1 N–H and O–H groups in total. The first-order valence-corrected chi connectivity index (χ1v) is 12.7. The first-order chi connectivity index (χ1) is 18.3. The van der Waals surface area contributed by atoms with E-state index in [2.05, 4.69) is 16.0 Å². The third kappa shape index (κ3) is 5.41. The molecule has 0 unspecified atom stereocenters. The lowest BCUT2D eigenvalue weighted by Gasteiger charge is -2.13. The zero-order chi connectivity index (χ0) is 26.9. The quantitative estimate of drug-likeness (QED) is 0.285.